The number of ether oxygens (including phenoxy) is 4. The molecular weight excluding hydrogens is 468 g/mol. The van der Waals surface area contributed by atoms with Gasteiger partial charge in [-0.1, -0.05) is 50.2 Å². The van der Waals surface area contributed by atoms with Gasteiger partial charge in [-0.05, 0) is 55.7 Å². The number of nitrogens with one attached hydrogen (secondary N) is 2. The number of aromatic nitrogens is 1. The van der Waals surface area contributed by atoms with Crippen LogP contribution in [0.15, 0.2) is 66.7 Å². The number of hydrogen-bond acceptors (Lipinski definition) is 8. The van der Waals surface area contributed by atoms with Crippen LogP contribution in [0.2, 0.25) is 0 Å². The second kappa shape index (κ2) is 15.3. The van der Waals surface area contributed by atoms with E-state index in [0.717, 1.165) is 23.5 Å². The van der Waals surface area contributed by atoms with Crippen LogP contribution in [0.5, 0.6) is 11.5 Å². The van der Waals surface area contributed by atoms with Crippen molar-refractivity contribution in [2.45, 2.75) is 46.1 Å². The number of nitrogens with zero attached hydrogens (tertiary/aromatic N) is 2. The second-order valence-electron chi connectivity index (χ2n) is 8.31. The lowest BCUT2D eigenvalue weighted by Gasteiger charge is -2.22. The Balaban J connectivity index is 1.54. The fourth-order valence-corrected chi connectivity index (χ4v) is 3.57. The first kappa shape index (κ1) is 27.8. The van der Waals surface area contributed by atoms with Gasteiger partial charge < -0.3 is 29.6 Å². The van der Waals surface area contributed by atoms with Crippen molar-refractivity contribution in [2.24, 2.45) is 0 Å². The summed E-state index contributed by atoms with van der Waals surface area (Å²) < 4.78 is 23.3. The van der Waals surface area contributed by atoms with E-state index in [4.69, 9.17) is 18.9 Å². The number of para-hydroxylation sites is 2. The van der Waals surface area contributed by atoms with Crippen LogP contribution in [0.3, 0.4) is 0 Å². The van der Waals surface area contributed by atoms with E-state index >= 15 is 0 Å². The zero-order valence-corrected chi connectivity index (χ0v) is 21.8. The molecule has 1 aromatic heterocycles. The molecule has 0 saturated carbocycles. The molecule has 0 aliphatic rings. The Bertz CT molecular complexity index is 1110. The van der Waals surface area contributed by atoms with Gasteiger partial charge in [0.1, 0.15) is 54.9 Å². The summed E-state index contributed by atoms with van der Waals surface area (Å²) in [5.41, 5.74) is 1.30. The molecule has 2 unspecified atom stereocenters. The molecule has 2 atom stereocenters. The smallest absolute Gasteiger partial charge is 0.148 e. The van der Waals surface area contributed by atoms with Crippen molar-refractivity contribution in [3.63, 3.8) is 0 Å². The number of pyridine rings is 1. The van der Waals surface area contributed by atoms with Gasteiger partial charge in [0.15, 0.2) is 0 Å². The molecule has 2 aromatic carbocycles. The van der Waals surface area contributed by atoms with Gasteiger partial charge in [-0.15, -0.1) is 0 Å². The van der Waals surface area contributed by atoms with E-state index in [1.54, 1.807) is 0 Å². The van der Waals surface area contributed by atoms with Crippen LogP contribution < -0.4 is 20.1 Å². The second-order valence-corrected chi connectivity index (χ2v) is 8.31. The van der Waals surface area contributed by atoms with Crippen LogP contribution in [0.25, 0.3) is 0 Å². The summed E-state index contributed by atoms with van der Waals surface area (Å²) in [5, 5.41) is 16.3. The van der Waals surface area contributed by atoms with Gasteiger partial charge in [-0.2, -0.15) is 5.26 Å². The quantitative estimate of drug-likeness (QED) is 0.188. The molecule has 8 heteroatoms. The predicted molar refractivity (Wildman–Crippen MR) is 145 cm³/mol. The Labute approximate surface area is 219 Å². The Kier molecular flexibility index (Phi) is 11.5. The van der Waals surface area contributed by atoms with Crippen molar-refractivity contribution >= 4 is 11.6 Å². The molecule has 0 amide bonds. The first-order valence-corrected chi connectivity index (χ1v) is 12.7. The monoisotopic (exact) mass is 504 g/mol. The number of nitriles is 1. The minimum atomic E-state index is -0.318. The van der Waals surface area contributed by atoms with Gasteiger partial charge in [-0.25, -0.2) is 4.98 Å². The maximum Gasteiger partial charge on any atom is 0.148 e. The first-order valence-electron chi connectivity index (χ1n) is 12.7. The van der Waals surface area contributed by atoms with Crippen molar-refractivity contribution in [2.75, 3.05) is 37.1 Å². The lowest BCUT2D eigenvalue weighted by molar-refractivity contribution is 0.0471. The standard InChI is InChI=1S/C29H36N4O4/c1-4-27(36-18-16-34-23-12-8-6-9-13-23)31-26-20-22(3)25(21-30)29(32-26)33-28(5-2)37-19-17-35-24-14-10-7-11-15-24/h6-15,20,27-28H,4-5,16-19H2,1-3H3,(H2,31,32,33). The minimum Gasteiger partial charge on any atom is -0.491 e. The van der Waals surface area contributed by atoms with Crippen LogP contribution in [-0.2, 0) is 9.47 Å². The highest BCUT2D eigenvalue weighted by atomic mass is 16.5. The SMILES string of the molecule is CCC(Nc1cc(C)c(C#N)c(NC(CC)OCCOc2ccccc2)n1)OCCOc1ccccc1. The van der Waals surface area contributed by atoms with Crippen molar-refractivity contribution in [1.29, 1.82) is 5.26 Å². The molecule has 0 aliphatic heterocycles. The maximum absolute atomic E-state index is 9.73. The minimum absolute atomic E-state index is 0.250. The third kappa shape index (κ3) is 9.30. The summed E-state index contributed by atoms with van der Waals surface area (Å²) >= 11 is 0. The normalized spacial score (nSPS) is 12.3. The summed E-state index contributed by atoms with van der Waals surface area (Å²) in [5.74, 6) is 2.71. The third-order valence-corrected chi connectivity index (χ3v) is 5.51. The van der Waals surface area contributed by atoms with E-state index in [9.17, 15) is 5.26 Å². The van der Waals surface area contributed by atoms with Crippen molar-refractivity contribution in [1.82, 2.24) is 4.98 Å². The molecule has 0 radical (unpaired) electrons. The van der Waals surface area contributed by atoms with Crippen LogP contribution in [0.4, 0.5) is 11.6 Å². The highest BCUT2D eigenvalue weighted by Crippen LogP contribution is 2.23. The molecule has 3 rings (SSSR count). The van der Waals surface area contributed by atoms with Crippen LogP contribution in [0, 0.1) is 18.3 Å². The van der Waals surface area contributed by atoms with Crippen molar-refractivity contribution in [3.8, 4) is 17.6 Å². The first-order chi connectivity index (χ1) is 18.1. The molecule has 8 nitrogen and oxygen atoms in total. The number of benzene rings is 2. The molecule has 1 heterocycles. The van der Waals surface area contributed by atoms with Gasteiger partial charge in [0.25, 0.3) is 0 Å². The summed E-state index contributed by atoms with van der Waals surface area (Å²) in [6, 6.07) is 23.4. The fourth-order valence-electron chi connectivity index (χ4n) is 3.57. The Hall–Kier alpha value is -3.80. The number of rotatable bonds is 16. The summed E-state index contributed by atoms with van der Waals surface area (Å²) in [6.07, 6.45) is 0.857. The molecule has 196 valence electrons. The van der Waals surface area contributed by atoms with Crippen LogP contribution >= 0.6 is 0 Å². The molecule has 0 bridgehead atoms. The lowest BCUT2D eigenvalue weighted by Crippen LogP contribution is -2.27. The van der Waals surface area contributed by atoms with Gasteiger partial charge in [0.2, 0.25) is 0 Å². The van der Waals surface area contributed by atoms with Gasteiger partial charge in [-0.3, -0.25) is 0 Å². The number of aryl methyl sites for hydroxylation is 1. The highest BCUT2D eigenvalue weighted by Gasteiger charge is 2.16. The highest BCUT2D eigenvalue weighted by molar-refractivity contribution is 5.61. The Morgan fingerprint density at radius 1 is 0.784 bits per heavy atom. The van der Waals surface area contributed by atoms with E-state index in [2.05, 4.69) is 21.7 Å². The largest absolute Gasteiger partial charge is 0.491 e. The van der Waals surface area contributed by atoms with Crippen molar-refractivity contribution < 1.29 is 18.9 Å². The number of anilines is 2. The van der Waals surface area contributed by atoms with E-state index < -0.39 is 0 Å². The summed E-state index contributed by atoms with van der Waals surface area (Å²) in [6.45, 7) is 7.62. The van der Waals surface area contributed by atoms with E-state index in [-0.39, 0.29) is 12.5 Å². The topological polar surface area (TPSA) is 97.7 Å². The average Bonchev–Trinajstić information content (AvgIpc) is 2.93. The van der Waals surface area contributed by atoms with E-state index in [0.29, 0.717) is 50.0 Å². The van der Waals surface area contributed by atoms with Crippen LogP contribution in [0.1, 0.15) is 37.8 Å². The molecule has 3 aromatic rings. The summed E-state index contributed by atoms with van der Waals surface area (Å²) in [7, 11) is 0. The molecule has 0 fully saturated rings. The third-order valence-electron chi connectivity index (χ3n) is 5.51. The molecule has 2 N–H and O–H groups in total. The van der Waals surface area contributed by atoms with Gasteiger partial charge in [0.05, 0.1) is 18.8 Å². The average molecular weight is 505 g/mol. The molecular formula is C29H36N4O4. The zero-order valence-electron chi connectivity index (χ0n) is 21.8. The van der Waals surface area contributed by atoms with Gasteiger partial charge >= 0.3 is 0 Å². The lowest BCUT2D eigenvalue weighted by atomic mass is 10.1. The Morgan fingerprint density at radius 3 is 1.78 bits per heavy atom. The Morgan fingerprint density at radius 2 is 1.30 bits per heavy atom. The molecule has 0 aliphatic carbocycles. The van der Waals surface area contributed by atoms with Crippen LogP contribution in [-0.4, -0.2) is 43.9 Å². The molecule has 0 saturated heterocycles. The maximum atomic E-state index is 9.73. The van der Waals surface area contributed by atoms with E-state index in [1.807, 2.05) is 87.5 Å². The zero-order chi connectivity index (χ0) is 26.3. The van der Waals surface area contributed by atoms with E-state index in [1.165, 1.54) is 0 Å². The van der Waals surface area contributed by atoms with Gasteiger partial charge in [0, 0.05) is 0 Å². The van der Waals surface area contributed by atoms with Crippen molar-refractivity contribution in [3.05, 3.63) is 77.9 Å². The fraction of sp³-hybridized carbons (Fsp3) is 0.379. The summed E-state index contributed by atoms with van der Waals surface area (Å²) in [4.78, 5) is 4.66. The molecule has 37 heavy (non-hydrogen) atoms. The number of hydrogen-bond donors (Lipinski definition) is 2. The molecule has 0 spiro atoms. The predicted octanol–water partition coefficient (Wildman–Crippen LogP) is 5.75.